The number of carbonyl (C=O) groups excluding carboxylic acids is 2. The van der Waals surface area contributed by atoms with Crippen LogP contribution in [0, 0.1) is 5.92 Å². The third-order valence-corrected chi connectivity index (χ3v) is 5.42. The molecule has 1 aromatic rings. The summed E-state index contributed by atoms with van der Waals surface area (Å²) in [5, 5.41) is 2.38. The zero-order chi connectivity index (χ0) is 20.4. The molecule has 2 rings (SSSR count). The van der Waals surface area contributed by atoms with E-state index in [1.807, 2.05) is 27.7 Å². The Morgan fingerprint density at radius 3 is 2.30 bits per heavy atom. The highest BCUT2D eigenvalue weighted by atomic mass is 32.2. The van der Waals surface area contributed by atoms with Crippen LogP contribution in [0.25, 0.3) is 0 Å². The van der Waals surface area contributed by atoms with E-state index in [9.17, 15) is 22.8 Å². The quantitative estimate of drug-likeness (QED) is 0.775. The van der Waals surface area contributed by atoms with Crippen LogP contribution in [0.2, 0.25) is 0 Å². The number of thioether (sulfide) groups is 1. The molecule has 150 valence electrons. The molecule has 0 unspecified atom stereocenters. The lowest BCUT2D eigenvalue weighted by atomic mass is 10.00. The van der Waals surface area contributed by atoms with Gasteiger partial charge in [-0.1, -0.05) is 26.0 Å². The van der Waals surface area contributed by atoms with E-state index >= 15 is 0 Å². The highest BCUT2D eigenvalue weighted by Crippen LogP contribution is 2.42. The van der Waals surface area contributed by atoms with Gasteiger partial charge in [0.25, 0.3) is 0 Å². The molecule has 27 heavy (non-hydrogen) atoms. The summed E-state index contributed by atoms with van der Waals surface area (Å²) in [7, 11) is 0. The lowest BCUT2D eigenvalue weighted by molar-refractivity contribution is -0.139. The minimum atomic E-state index is -4.41. The van der Waals surface area contributed by atoms with Crippen molar-refractivity contribution >= 4 is 23.6 Å². The van der Waals surface area contributed by atoms with Crippen molar-refractivity contribution in [3.05, 3.63) is 35.4 Å². The molecule has 1 aromatic carbocycles. The molecule has 2 atom stereocenters. The first-order chi connectivity index (χ1) is 12.5. The number of rotatable bonds is 6. The molecule has 0 aromatic heterocycles. The average Bonchev–Trinajstić information content (AvgIpc) is 2.92. The van der Waals surface area contributed by atoms with E-state index in [2.05, 4.69) is 5.32 Å². The molecule has 1 aliphatic rings. The van der Waals surface area contributed by atoms with Crippen molar-refractivity contribution in [3.63, 3.8) is 0 Å². The van der Waals surface area contributed by atoms with Crippen LogP contribution in [0.1, 0.15) is 50.6 Å². The smallest absolute Gasteiger partial charge is 0.352 e. The summed E-state index contributed by atoms with van der Waals surface area (Å²) in [6, 6.07) is 4.09. The minimum Gasteiger partial charge on any atom is -0.352 e. The summed E-state index contributed by atoms with van der Waals surface area (Å²) < 4.78 is 38.4. The summed E-state index contributed by atoms with van der Waals surface area (Å²) in [5.74, 6) is -0.0182. The first-order valence-electron chi connectivity index (χ1n) is 8.91. The highest BCUT2D eigenvalue weighted by molar-refractivity contribution is 8.00. The minimum absolute atomic E-state index is 0.0676. The van der Waals surface area contributed by atoms with Crippen LogP contribution in [-0.2, 0) is 15.8 Å². The van der Waals surface area contributed by atoms with Gasteiger partial charge in [0.1, 0.15) is 11.4 Å². The fourth-order valence-corrected chi connectivity index (χ4v) is 4.27. The van der Waals surface area contributed by atoms with Gasteiger partial charge in [0.15, 0.2) is 0 Å². The van der Waals surface area contributed by atoms with Gasteiger partial charge >= 0.3 is 6.18 Å². The van der Waals surface area contributed by atoms with E-state index < -0.39 is 23.2 Å². The van der Waals surface area contributed by atoms with Crippen LogP contribution in [-0.4, -0.2) is 34.6 Å². The molecule has 0 saturated carbocycles. The first-order valence-corrected chi connectivity index (χ1v) is 9.96. The molecule has 0 bridgehead atoms. The number of benzene rings is 1. The molecule has 1 saturated heterocycles. The number of alkyl halides is 3. The zero-order valence-corrected chi connectivity index (χ0v) is 16.7. The molecular weight excluding hydrogens is 377 g/mol. The van der Waals surface area contributed by atoms with Gasteiger partial charge in [0.05, 0.1) is 11.3 Å². The molecule has 0 spiro atoms. The van der Waals surface area contributed by atoms with Crippen molar-refractivity contribution in [1.29, 1.82) is 0 Å². The molecule has 8 heteroatoms. The van der Waals surface area contributed by atoms with Gasteiger partial charge in [0, 0.05) is 6.04 Å². The van der Waals surface area contributed by atoms with E-state index in [0.29, 0.717) is 12.0 Å². The Kier molecular flexibility index (Phi) is 6.83. The van der Waals surface area contributed by atoms with Gasteiger partial charge in [-0.15, -0.1) is 11.8 Å². The lowest BCUT2D eigenvalue weighted by Crippen LogP contribution is -2.50. The Morgan fingerprint density at radius 2 is 1.81 bits per heavy atom. The summed E-state index contributed by atoms with van der Waals surface area (Å²) in [4.78, 5) is 26.8. The van der Waals surface area contributed by atoms with Crippen molar-refractivity contribution in [2.45, 2.75) is 57.7 Å². The number of nitrogens with one attached hydrogen (secondary N) is 1. The van der Waals surface area contributed by atoms with Crippen molar-refractivity contribution in [3.8, 4) is 0 Å². The normalized spacial score (nSPS) is 19.1. The van der Waals surface area contributed by atoms with Gasteiger partial charge in [-0.2, -0.15) is 13.2 Å². The summed E-state index contributed by atoms with van der Waals surface area (Å²) in [6.45, 7) is 7.63. The number of hydrogen-bond acceptors (Lipinski definition) is 3. The Balaban J connectivity index is 2.32. The average molecular weight is 402 g/mol. The van der Waals surface area contributed by atoms with Gasteiger partial charge in [-0.25, -0.2) is 0 Å². The highest BCUT2D eigenvalue weighted by Gasteiger charge is 2.41. The van der Waals surface area contributed by atoms with Gasteiger partial charge in [-0.3, -0.25) is 9.59 Å². The van der Waals surface area contributed by atoms with Crippen LogP contribution < -0.4 is 5.32 Å². The van der Waals surface area contributed by atoms with E-state index in [4.69, 9.17) is 0 Å². The number of amides is 2. The SMILES string of the molecule is CC(C)C[C@H](C(=O)NC(C)C)N1C(=O)CS[C@@H]1c1ccc(C(F)(F)F)cc1. The number of carbonyl (C=O) groups is 2. The Labute approximate surface area is 161 Å². The fraction of sp³-hybridized carbons (Fsp3) is 0.579. The summed E-state index contributed by atoms with van der Waals surface area (Å²) in [6.07, 6.45) is -3.92. The standard InChI is InChI=1S/C19H25F3N2O2S/c1-11(2)9-15(17(26)23-12(3)4)24-16(25)10-27-18(24)13-5-7-14(8-6-13)19(20,21)22/h5-8,11-12,15,18H,9-10H2,1-4H3,(H,23,26)/t15-,18-/m1/s1. The Morgan fingerprint density at radius 1 is 1.22 bits per heavy atom. The maximum atomic E-state index is 12.8. The van der Waals surface area contributed by atoms with Crippen LogP contribution in [0.3, 0.4) is 0 Å². The predicted octanol–water partition coefficient (Wildman–Crippen LogP) is 4.22. The second kappa shape index (κ2) is 8.54. The lowest BCUT2D eigenvalue weighted by Gasteiger charge is -2.33. The van der Waals surface area contributed by atoms with Crippen LogP contribution in [0.4, 0.5) is 13.2 Å². The van der Waals surface area contributed by atoms with E-state index in [0.717, 1.165) is 12.1 Å². The monoisotopic (exact) mass is 402 g/mol. The fourth-order valence-electron chi connectivity index (χ4n) is 3.04. The molecule has 1 aliphatic heterocycles. The molecule has 0 aliphatic carbocycles. The van der Waals surface area contributed by atoms with Gasteiger partial charge in [-0.05, 0) is 43.9 Å². The Hall–Kier alpha value is -1.70. The molecule has 1 heterocycles. The van der Waals surface area contributed by atoms with E-state index in [1.165, 1.54) is 28.8 Å². The van der Waals surface area contributed by atoms with Crippen molar-refractivity contribution in [1.82, 2.24) is 10.2 Å². The molecule has 0 radical (unpaired) electrons. The van der Waals surface area contributed by atoms with Crippen LogP contribution in [0.5, 0.6) is 0 Å². The van der Waals surface area contributed by atoms with Crippen LogP contribution >= 0.6 is 11.8 Å². The second-order valence-electron chi connectivity index (χ2n) is 7.39. The van der Waals surface area contributed by atoms with Gasteiger partial charge in [0.2, 0.25) is 11.8 Å². The maximum absolute atomic E-state index is 12.8. The van der Waals surface area contributed by atoms with E-state index in [-0.39, 0.29) is 29.5 Å². The third kappa shape index (κ3) is 5.40. The van der Waals surface area contributed by atoms with Crippen molar-refractivity contribution in [2.75, 3.05) is 5.75 Å². The van der Waals surface area contributed by atoms with Gasteiger partial charge < -0.3 is 10.2 Å². The molecule has 1 N–H and O–H groups in total. The second-order valence-corrected chi connectivity index (χ2v) is 8.46. The van der Waals surface area contributed by atoms with Crippen molar-refractivity contribution in [2.24, 2.45) is 5.92 Å². The molecule has 4 nitrogen and oxygen atoms in total. The summed E-state index contributed by atoms with van der Waals surface area (Å²) in [5.41, 5.74) is -0.145. The number of hydrogen-bond donors (Lipinski definition) is 1. The van der Waals surface area contributed by atoms with Crippen molar-refractivity contribution < 1.29 is 22.8 Å². The predicted molar refractivity (Wildman–Crippen MR) is 100 cm³/mol. The van der Waals surface area contributed by atoms with E-state index in [1.54, 1.807) is 0 Å². The molecule has 2 amide bonds. The molecular formula is C19H25F3N2O2S. The largest absolute Gasteiger partial charge is 0.416 e. The first kappa shape index (κ1) is 21.6. The zero-order valence-electron chi connectivity index (χ0n) is 15.8. The molecule has 1 fully saturated rings. The third-order valence-electron chi connectivity index (χ3n) is 4.19. The Bertz CT molecular complexity index is 675. The topological polar surface area (TPSA) is 49.4 Å². The number of nitrogens with zero attached hydrogens (tertiary/aromatic N) is 1. The van der Waals surface area contributed by atoms with Crippen LogP contribution in [0.15, 0.2) is 24.3 Å². The maximum Gasteiger partial charge on any atom is 0.416 e. The number of halogens is 3. The summed E-state index contributed by atoms with van der Waals surface area (Å²) >= 11 is 1.33.